The normalized spacial score (nSPS) is 13.2. The number of nitrogens with zero attached hydrogens (tertiary/aromatic N) is 2. The summed E-state index contributed by atoms with van der Waals surface area (Å²) in [6, 6.07) is 1.05. The van der Waals surface area contributed by atoms with Crippen molar-refractivity contribution in [1.29, 1.82) is 0 Å². The van der Waals surface area contributed by atoms with Crippen molar-refractivity contribution < 1.29 is 23.2 Å². The molecule has 0 aromatic heterocycles. The van der Waals surface area contributed by atoms with E-state index < -0.39 is 28.4 Å². The molecule has 9 heteroatoms. The lowest BCUT2D eigenvalue weighted by Gasteiger charge is -2.25. The number of rotatable bonds is 4. The van der Waals surface area contributed by atoms with Gasteiger partial charge in [0.05, 0.1) is 17.1 Å². The molecule has 0 aliphatic carbocycles. The van der Waals surface area contributed by atoms with Gasteiger partial charge in [0.2, 0.25) is 0 Å². The van der Waals surface area contributed by atoms with Crippen LogP contribution in [0.3, 0.4) is 0 Å². The molecule has 1 unspecified atom stereocenters. The van der Waals surface area contributed by atoms with E-state index in [2.05, 4.69) is 15.9 Å². The molecular formula is C11H12BrF3N2O3. The summed E-state index contributed by atoms with van der Waals surface area (Å²) in [4.78, 5) is 11.4. The topological polar surface area (TPSA) is 66.6 Å². The molecule has 0 aliphatic rings. The van der Waals surface area contributed by atoms with Gasteiger partial charge < -0.3 is 10.0 Å². The number of hydrogen-bond donors (Lipinski definition) is 1. The fourth-order valence-corrected chi connectivity index (χ4v) is 2.11. The van der Waals surface area contributed by atoms with Crippen LogP contribution >= 0.6 is 15.9 Å². The van der Waals surface area contributed by atoms with E-state index in [4.69, 9.17) is 5.11 Å². The summed E-state index contributed by atoms with van der Waals surface area (Å²) in [5.41, 5.74) is -1.78. The lowest BCUT2D eigenvalue weighted by atomic mass is 10.1. The predicted molar refractivity (Wildman–Crippen MR) is 70.7 cm³/mol. The van der Waals surface area contributed by atoms with E-state index in [-0.39, 0.29) is 16.8 Å². The number of halogens is 4. The van der Waals surface area contributed by atoms with Crippen LogP contribution in [0.1, 0.15) is 12.5 Å². The van der Waals surface area contributed by atoms with E-state index in [1.54, 1.807) is 6.92 Å². The summed E-state index contributed by atoms with van der Waals surface area (Å²) in [6.07, 6.45) is -4.69. The maximum atomic E-state index is 12.7. The average Bonchev–Trinajstić information content (AvgIpc) is 2.34. The third-order valence-electron chi connectivity index (χ3n) is 2.87. The molecule has 0 radical (unpaired) electrons. The molecule has 112 valence electrons. The van der Waals surface area contributed by atoms with E-state index in [9.17, 15) is 23.3 Å². The van der Waals surface area contributed by atoms with Gasteiger partial charge in [0.25, 0.3) is 5.69 Å². The first-order valence-corrected chi connectivity index (χ1v) is 6.27. The molecule has 5 nitrogen and oxygen atoms in total. The Labute approximate surface area is 121 Å². The Kier molecular flexibility index (Phi) is 4.98. The maximum absolute atomic E-state index is 12.7. The summed E-state index contributed by atoms with van der Waals surface area (Å²) < 4.78 is 37.9. The first-order chi connectivity index (χ1) is 9.09. The lowest BCUT2D eigenvalue weighted by molar-refractivity contribution is -0.384. The molecule has 0 saturated carbocycles. The van der Waals surface area contributed by atoms with Crippen LogP contribution in [0.2, 0.25) is 0 Å². The van der Waals surface area contributed by atoms with Gasteiger partial charge in [-0.1, -0.05) is 15.9 Å². The minimum Gasteiger partial charge on any atom is -0.394 e. The molecule has 1 aromatic rings. The molecule has 20 heavy (non-hydrogen) atoms. The first-order valence-electron chi connectivity index (χ1n) is 5.48. The largest absolute Gasteiger partial charge is 0.417 e. The molecule has 1 atom stereocenters. The monoisotopic (exact) mass is 356 g/mol. The van der Waals surface area contributed by atoms with Crippen molar-refractivity contribution >= 4 is 27.3 Å². The summed E-state index contributed by atoms with van der Waals surface area (Å²) in [5.74, 6) is 0. The fourth-order valence-electron chi connectivity index (χ4n) is 1.56. The maximum Gasteiger partial charge on any atom is 0.417 e. The van der Waals surface area contributed by atoms with E-state index >= 15 is 0 Å². The Morgan fingerprint density at radius 2 is 2.05 bits per heavy atom. The van der Waals surface area contributed by atoms with Gasteiger partial charge in [-0.15, -0.1) is 0 Å². The molecular weight excluding hydrogens is 345 g/mol. The second-order valence-corrected chi connectivity index (χ2v) is 5.07. The third kappa shape index (κ3) is 3.40. The number of benzene rings is 1. The van der Waals surface area contributed by atoms with Crippen LogP contribution in [0.5, 0.6) is 0 Å². The molecule has 1 rings (SSSR count). The standard InChI is InChI=1S/C11H12BrF3N2O3/c1-6(5-18)16(2)9-4-8(12)7(11(13,14)15)3-10(9)17(19)20/h3-4,6,18H,5H2,1-2H3. The van der Waals surface area contributed by atoms with Gasteiger partial charge in [-0.2, -0.15) is 13.2 Å². The van der Waals surface area contributed by atoms with Crippen LogP contribution in [0.15, 0.2) is 16.6 Å². The second-order valence-electron chi connectivity index (χ2n) is 4.22. The quantitative estimate of drug-likeness (QED) is 0.664. The number of alkyl halides is 3. The van der Waals surface area contributed by atoms with E-state index in [0.29, 0.717) is 6.07 Å². The zero-order chi connectivity index (χ0) is 15.7. The van der Waals surface area contributed by atoms with Crippen LogP contribution in [0, 0.1) is 10.1 Å². The number of nitro benzene ring substituents is 1. The number of aliphatic hydroxyl groups is 1. The summed E-state index contributed by atoms with van der Waals surface area (Å²) in [6.45, 7) is 1.31. The van der Waals surface area contributed by atoms with Crippen molar-refractivity contribution in [1.82, 2.24) is 0 Å². The number of likely N-dealkylation sites (N-methyl/N-ethyl adjacent to an activating group) is 1. The van der Waals surface area contributed by atoms with Crippen molar-refractivity contribution in [3.05, 3.63) is 32.3 Å². The molecule has 0 aliphatic heterocycles. The molecule has 0 saturated heterocycles. The first kappa shape index (κ1) is 16.7. The summed E-state index contributed by atoms with van der Waals surface area (Å²) in [5, 5.41) is 20.0. The average molecular weight is 357 g/mol. The van der Waals surface area contributed by atoms with Gasteiger partial charge in [-0.3, -0.25) is 10.1 Å². The van der Waals surface area contributed by atoms with Crippen LogP contribution in [0.25, 0.3) is 0 Å². The van der Waals surface area contributed by atoms with Crippen molar-refractivity contribution in [2.45, 2.75) is 19.1 Å². The number of nitro groups is 1. The molecule has 0 heterocycles. The number of aliphatic hydroxyl groups excluding tert-OH is 1. The number of anilines is 1. The van der Waals surface area contributed by atoms with Crippen molar-refractivity contribution in [3.63, 3.8) is 0 Å². The summed E-state index contributed by atoms with van der Waals surface area (Å²) in [7, 11) is 1.46. The van der Waals surface area contributed by atoms with Crippen molar-refractivity contribution in [2.24, 2.45) is 0 Å². The Hall–Kier alpha value is -1.35. The van der Waals surface area contributed by atoms with Gasteiger partial charge in [0.1, 0.15) is 5.69 Å². The van der Waals surface area contributed by atoms with Crippen LogP contribution in [-0.2, 0) is 6.18 Å². The van der Waals surface area contributed by atoms with Gasteiger partial charge in [0, 0.05) is 23.6 Å². The molecule has 0 bridgehead atoms. The van der Waals surface area contributed by atoms with E-state index in [1.165, 1.54) is 11.9 Å². The summed E-state index contributed by atoms with van der Waals surface area (Å²) >= 11 is 2.77. The SMILES string of the molecule is CC(CO)N(C)c1cc(Br)c(C(F)(F)F)cc1[N+](=O)[O-]. The highest BCUT2D eigenvalue weighted by atomic mass is 79.9. The molecule has 0 fully saturated rings. The fraction of sp³-hybridized carbons (Fsp3) is 0.455. The Bertz CT molecular complexity index is 522. The molecule has 0 spiro atoms. The van der Waals surface area contributed by atoms with Gasteiger partial charge in [0.15, 0.2) is 0 Å². The van der Waals surface area contributed by atoms with E-state index in [0.717, 1.165) is 6.07 Å². The zero-order valence-corrected chi connectivity index (χ0v) is 12.2. The minimum absolute atomic E-state index is 0.00331. The van der Waals surface area contributed by atoms with Crippen molar-refractivity contribution in [2.75, 3.05) is 18.6 Å². The highest BCUT2D eigenvalue weighted by Gasteiger charge is 2.36. The van der Waals surface area contributed by atoms with Crippen molar-refractivity contribution in [3.8, 4) is 0 Å². The molecule has 0 amide bonds. The minimum atomic E-state index is -4.69. The Balaban J connectivity index is 3.47. The third-order valence-corrected chi connectivity index (χ3v) is 3.53. The number of hydrogen-bond acceptors (Lipinski definition) is 4. The Morgan fingerprint density at radius 1 is 1.50 bits per heavy atom. The highest BCUT2D eigenvalue weighted by molar-refractivity contribution is 9.10. The lowest BCUT2D eigenvalue weighted by Crippen LogP contribution is -2.32. The van der Waals surface area contributed by atoms with Gasteiger partial charge in [-0.05, 0) is 13.0 Å². The Morgan fingerprint density at radius 3 is 2.45 bits per heavy atom. The predicted octanol–water partition coefficient (Wildman–Crippen LogP) is 3.19. The van der Waals surface area contributed by atoms with Crippen LogP contribution in [0.4, 0.5) is 24.5 Å². The zero-order valence-electron chi connectivity index (χ0n) is 10.6. The molecule has 1 aromatic carbocycles. The van der Waals surface area contributed by atoms with Gasteiger partial charge in [-0.25, -0.2) is 0 Å². The smallest absolute Gasteiger partial charge is 0.394 e. The van der Waals surface area contributed by atoms with E-state index in [1.807, 2.05) is 0 Å². The van der Waals surface area contributed by atoms with Crippen LogP contribution in [-0.4, -0.2) is 29.7 Å². The van der Waals surface area contributed by atoms with Gasteiger partial charge >= 0.3 is 6.18 Å². The molecule has 1 N–H and O–H groups in total. The highest BCUT2D eigenvalue weighted by Crippen LogP contribution is 2.41. The van der Waals surface area contributed by atoms with Crippen LogP contribution < -0.4 is 4.90 Å². The second kappa shape index (κ2) is 5.96.